The molecule has 1 unspecified atom stereocenters. The molecule has 1 aliphatic heterocycles. The van der Waals surface area contributed by atoms with Gasteiger partial charge in [0.2, 0.25) is 0 Å². The summed E-state index contributed by atoms with van der Waals surface area (Å²) < 4.78 is 0. The van der Waals surface area contributed by atoms with Crippen molar-refractivity contribution in [3.05, 3.63) is 18.0 Å². The van der Waals surface area contributed by atoms with Crippen molar-refractivity contribution in [1.29, 1.82) is 0 Å². The molecule has 4 heteroatoms. The zero-order valence-electron chi connectivity index (χ0n) is 9.19. The lowest BCUT2D eigenvalue weighted by Gasteiger charge is -2.29. The molecule has 4 nitrogen and oxygen atoms in total. The highest BCUT2D eigenvalue weighted by atomic mass is 15.1. The molecule has 0 bridgehead atoms. The first-order valence-electron chi connectivity index (χ1n) is 5.49. The largest absolute Gasteiger partial charge is 0.397 e. The third-order valence-electron chi connectivity index (χ3n) is 2.95. The van der Waals surface area contributed by atoms with Gasteiger partial charge in [-0.05, 0) is 44.8 Å². The van der Waals surface area contributed by atoms with E-state index in [4.69, 9.17) is 5.73 Å². The molecule has 82 valence electrons. The van der Waals surface area contributed by atoms with Crippen LogP contribution >= 0.6 is 0 Å². The summed E-state index contributed by atoms with van der Waals surface area (Å²) in [6.45, 7) is 2.38. The average Bonchev–Trinajstić information content (AvgIpc) is 2.17. The van der Waals surface area contributed by atoms with Crippen LogP contribution in [0.5, 0.6) is 0 Å². The van der Waals surface area contributed by atoms with Crippen LogP contribution in [-0.2, 0) is 6.42 Å². The lowest BCUT2D eigenvalue weighted by Crippen LogP contribution is -2.33. The second-order valence-electron chi connectivity index (χ2n) is 4.45. The number of piperidine rings is 1. The van der Waals surface area contributed by atoms with Crippen LogP contribution in [0, 0.1) is 5.92 Å². The zero-order valence-corrected chi connectivity index (χ0v) is 9.19. The normalized spacial score (nSPS) is 22.9. The van der Waals surface area contributed by atoms with E-state index in [0.29, 0.717) is 11.6 Å². The Balaban J connectivity index is 1.96. The molecule has 1 fully saturated rings. The van der Waals surface area contributed by atoms with Gasteiger partial charge in [-0.2, -0.15) is 10.2 Å². The zero-order chi connectivity index (χ0) is 10.7. The molecule has 0 aromatic carbocycles. The molecule has 2 heterocycles. The van der Waals surface area contributed by atoms with E-state index in [1.54, 1.807) is 6.20 Å². The number of nitrogens with zero attached hydrogens (tertiary/aromatic N) is 3. The molecular formula is C11H18N4. The summed E-state index contributed by atoms with van der Waals surface area (Å²) in [5.41, 5.74) is 7.41. The number of hydrogen-bond acceptors (Lipinski definition) is 4. The SMILES string of the molecule is CN1CCCC(Cc2cc(N)cnn2)C1. The smallest absolute Gasteiger partial charge is 0.0726 e. The molecule has 0 saturated carbocycles. The highest BCUT2D eigenvalue weighted by Gasteiger charge is 2.17. The molecule has 1 aromatic rings. The highest BCUT2D eigenvalue weighted by molar-refractivity contribution is 5.34. The fourth-order valence-electron chi connectivity index (χ4n) is 2.26. The van der Waals surface area contributed by atoms with E-state index in [-0.39, 0.29) is 0 Å². The van der Waals surface area contributed by atoms with Crippen LogP contribution in [0.15, 0.2) is 12.3 Å². The highest BCUT2D eigenvalue weighted by Crippen LogP contribution is 2.19. The number of hydrogen-bond donors (Lipinski definition) is 1. The van der Waals surface area contributed by atoms with E-state index in [9.17, 15) is 0 Å². The van der Waals surface area contributed by atoms with Crippen molar-refractivity contribution in [3.63, 3.8) is 0 Å². The van der Waals surface area contributed by atoms with E-state index in [0.717, 1.165) is 18.7 Å². The van der Waals surface area contributed by atoms with Crippen molar-refractivity contribution in [1.82, 2.24) is 15.1 Å². The third kappa shape index (κ3) is 2.89. The van der Waals surface area contributed by atoms with Gasteiger partial charge >= 0.3 is 0 Å². The average molecular weight is 206 g/mol. The van der Waals surface area contributed by atoms with E-state index >= 15 is 0 Å². The van der Waals surface area contributed by atoms with Crippen LogP contribution < -0.4 is 5.73 Å². The number of likely N-dealkylation sites (tertiary alicyclic amines) is 1. The Morgan fingerprint density at radius 1 is 1.60 bits per heavy atom. The van der Waals surface area contributed by atoms with Crippen LogP contribution in [0.25, 0.3) is 0 Å². The summed E-state index contributed by atoms with van der Waals surface area (Å²) in [7, 11) is 2.18. The molecule has 0 aliphatic carbocycles. The number of rotatable bonds is 2. The predicted molar refractivity (Wildman–Crippen MR) is 60.4 cm³/mol. The Labute approximate surface area is 90.5 Å². The van der Waals surface area contributed by atoms with Crippen molar-refractivity contribution in [2.75, 3.05) is 25.9 Å². The van der Waals surface area contributed by atoms with Gasteiger partial charge in [-0.15, -0.1) is 0 Å². The fourth-order valence-corrected chi connectivity index (χ4v) is 2.26. The van der Waals surface area contributed by atoms with Gasteiger partial charge in [-0.25, -0.2) is 0 Å². The summed E-state index contributed by atoms with van der Waals surface area (Å²) >= 11 is 0. The van der Waals surface area contributed by atoms with Crippen molar-refractivity contribution in [2.24, 2.45) is 5.92 Å². The minimum Gasteiger partial charge on any atom is -0.397 e. The molecule has 0 spiro atoms. The first-order valence-corrected chi connectivity index (χ1v) is 5.49. The Hall–Kier alpha value is -1.16. The van der Waals surface area contributed by atoms with Crippen LogP contribution in [0.1, 0.15) is 18.5 Å². The Bertz CT molecular complexity index is 326. The van der Waals surface area contributed by atoms with E-state index < -0.39 is 0 Å². The molecule has 1 aliphatic rings. The lowest BCUT2D eigenvalue weighted by atomic mass is 9.93. The van der Waals surface area contributed by atoms with Crippen LogP contribution in [0.2, 0.25) is 0 Å². The molecule has 2 N–H and O–H groups in total. The van der Waals surface area contributed by atoms with Gasteiger partial charge in [0.05, 0.1) is 17.6 Å². The predicted octanol–water partition coefficient (Wildman–Crippen LogP) is 0.943. The topological polar surface area (TPSA) is 55.0 Å². The monoisotopic (exact) mass is 206 g/mol. The minimum absolute atomic E-state index is 0.708. The molecule has 1 aromatic heterocycles. The van der Waals surface area contributed by atoms with Crippen LogP contribution in [0.4, 0.5) is 5.69 Å². The van der Waals surface area contributed by atoms with Gasteiger partial charge in [-0.3, -0.25) is 0 Å². The molecule has 0 amide bonds. The molecular weight excluding hydrogens is 188 g/mol. The maximum absolute atomic E-state index is 5.68. The summed E-state index contributed by atoms with van der Waals surface area (Å²) in [6.07, 6.45) is 5.18. The maximum atomic E-state index is 5.68. The Kier molecular flexibility index (Phi) is 3.16. The second kappa shape index (κ2) is 4.57. The van der Waals surface area contributed by atoms with Gasteiger partial charge in [0.1, 0.15) is 0 Å². The standard InChI is InChI=1S/C11H18N4/c1-15-4-2-3-9(8-15)5-11-6-10(12)7-13-14-11/h6-7,9H,2-5,8H2,1H3,(H2,12,14). The number of aromatic nitrogens is 2. The van der Waals surface area contributed by atoms with Crippen molar-refractivity contribution < 1.29 is 0 Å². The van der Waals surface area contributed by atoms with Crippen molar-refractivity contribution >= 4 is 5.69 Å². The summed E-state index contributed by atoms with van der Waals surface area (Å²) in [5.74, 6) is 0.708. The van der Waals surface area contributed by atoms with Crippen molar-refractivity contribution in [3.8, 4) is 0 Å². The van der Waals surface area contributed by atoms with Gasteiger partial charge in [0.15, 0.2) is 0 Å². The maximum Gasteiger partial charge on any atom is 0.0726 e. The molecule has 0 radical (unpaired) electrons. The van der Waals surface area contributed by atoms with Gasteiger partial charge < -0.3 is 10.6 Å². The number of nitrogens with two attached hydrogens (primary N) is 1. The van der Waals surface area contributed by atoms with Crippen molar-refractivity contribution in [2.45, 2.75) is 19.3 Å². The van der Waals surface area contributed by atoms with Gasteiger partial charge in [0.25, 0.3) is 0 Å². The molecule has 2 rings (SSSR count). The molecule has 1 atom stereocenters. The summed E-state index contributed by atoms with van der Waals surface area (Å²) in [4.78, 5) is 2.38. The quantitative estimate of drug-likeness (QED) is 0.782. The van der Waals surface area contributed by atoms with Gasteiger partial charge in [0, 0.05) is 6.54 Å². The van der Waals surface area contributed by atoms with E-state index in [1.807, 2.05) is 6.07 Å². The third-order valence-corrected chi connectivity index (χ3v) is 2.95. The summed E-state index contributed by atoms with van der Waals surface area (Å²) in [5, 5.41) is 7.99. The fraction of sp³-hybridized carbons (Fsp3) is 0.636. The lowest BCUT2D eigenvalue weighted by molar-refractivity contribution is 0.208. The number of anilines is 1. The van der Waals surface area contributed by atoms with Crippen LogP contribution in [0.3, 0.4) is 0 Å². The molecule has 15 heavy (non-hydrogen) atoms. The second-order valence-corrected chi connectivity index (χ2v) is 4.45. The van der Waals surface area contributed by atoms with Crippen LogP contribution in [-0.4, -0.2) is 35.2 Å². The Morgan fingerprint density at radius 3 is 3.20 bits per heavy atom. The first-order chi connectivity index (χ1) is 7.24. The minimum atomic E-state index is 0.708. The van der Waals surface area contributed by atoms with Gasteiger partial charge in [-0.1, -0.05) is 0 Å². The first kappa shape index (κ1) is 10.4. The Morgan fingerprint density at radius 2 is 2.47 bits per heavy atom. The van der Waals surface area contributed by atoms with E-state index in [2.05, 4.69) is 22.1 Å². The molecule has 1 saturated heterocycles. The van der Waals surface area contributed by atoms with E-state index in [1.165, 1.54) is 19.4 Å². The summed E-state index contributed by atoms with van der Waals surface area (Å²) in [6, 6.07) is 1.93. The number of nitrogen functional groups attached to an aromatic ring is 1.